The molecule has 2 rings (SSSR count). The number of hydrogen-bond donors (Lipinski definition) is 2. The third kappa shape index (κ3) is 3.25. The summed E-state index contributed by atoms with van der Waals surface area (Å²) in [7, 11) is 0. The van der Waals surface area contributed by atoms with Crippen LogP contribution in [0.4, 0.5) is 5.82 Å². The molecule has 0 saturated carbocycles. The molecule has 1 aromatic rings. The lowest BCUT2D eigenvalue weighted by Crippen LogP contribution is -2.11. The molecule has 1 aliphatic carbocycles. The minimum absolute atomic E-state index is 0.276. The van der Waals surface area contributed by atoms with Gasteiger partial charge < -0.3 is 10.4 Å². The Morgan fingerprint density at radius 2 is 2.32 bits per heavy atom. The summed E-state index contributed by atoms with van der Waals surface area (Å²) in [5, 5.41) is 12.4. The van der Waals surface area contributed by atoms with Gasteiger partial charge in [0.05, 0.1) is 0 Å². The van der Waals surface area contributed by atoms with Crippen LogP contribution in [0.3, 0.4) is 0 Å². The molecule has 0 unspecified atom stereocenters. The van der Waals surface area contributed by atoms with E-state index in [1.54, 1.807) is 6.07 Å². The van der Waals surface area contributed by atoms with Gasteiger partial charge in [-0.05, 0) is 43.7 Å². The van der Waals surface area contributed by atoms with E-state index in [0.29, 0.717) is 12.4 Å². The van der Waals surface area contributed by atoms with E-state index in [0.717, 1.165) is 49.8 Å². The second kappa shape index (κ2) is 6.24. The van der Waals surface area contributed by atoms with Crippen LogP contribution in [0.15, 0.2) is 6.07 Å². The van der Waals surface area contributed by atoms with Crippen molar-refractivity contribution in [1.29, 1.82) is 0 Å². The lowest BCUT2D eigenvalue weighted by Gasteiger charge is -2.10. The van der Waals surface area contributed by atoms with E-state index in [4.69, 9.17) is 6.42 Å². The Labute approximate surface area is 113 Å². The predicted octanol–water partition coefficient (Wildman–Crippen LogP) is 2.48. The number of aromatic nitrogens is 1. The van der Waals surface area contributed by atoms with Crippen LogP contribution in [0.25, 0.3) is 0 Å². The zero-order valence-electron chi connectivity index (χ0n) is 10.9. The van der Waals surface area contributed by atoms with Crippen molar-refractivity contribution < 1.29 is 9.90 Å². The average Bonchev–Trinajstić information content (AvgIpc) is 2.84. The molecule has 0 amide bonds. The van der Waals surface area contributed by atoms with Gasteiger partial charge in [-0.25, -0.2) is 9.78 Å². The highest BCUT2D eigenvalue weighted by Crippen LogP contribution is 2.25. The van der Waals surface area contributed by atoms with E-state index < -0.39 is 5.97 Å². The molecule has 2 N–H and O–H groups in total. The summed E-state index contributed by atoms with van der Waals surface area (Å²) < 4.78 is 0. The van der Waals surface area contributed by atoms with Crippen molar-refractivity contribution >= 4 is 11.8 Å². The zero-order valence-corrected chi connectivity index (χ0v) is 10.9. The Hall–Kier alpha value is -2.02. The Balaban J connectivity index is 2.06. The van der Waals surface area contributed by atoms with Gasteiger partial charge in [-0.2, -0.15) is 0 Å². The number of anilines is 1. The largest absolute Gasteiger partial charge is 0.478 e. The van der Waals surface area contributed by atoms with Gasteiger partial charge in [-0.15, -0.1) is 12.3 Å². The highest BCUT2D eigenvalue weighted by molar-refractivity contribution is 5.93. The maximum Gasteiger partial charge on any atom is 0.339 e. The summed E-state index contributed by atoms with van der Waals surface area (Å²) in [6.45, 7) is 0.702. The molecule has 0 bridgehead atoms. The van der Waals surface area contributed by atoms with Crippen molar-refractivity contribution in [3.05, 3.63) is 22.9 Å². The highest BCUT2D eigenvalue weighted by atomic mass is 16.4. The van der Waals surface area contributed by atoms with Crippen molar-refractivity contribution in [2.24, 2.45) is 0 Å². The monoisotopic (exact) mass is 258 g/mol. The van der Waals surface area contributed by atoms with Gasteiger partial charge in [0.1, 0.15) is 11.4 Å². The third-order valence-electron chi connectivity index (χ3n) is 3.32. The number of carboxylic acids is 1. The molecule has 0 saturated heterocycles. The van der Waals surface area contributed by atoms with Gasteiger partial charge in [0.25, 0.3) is 0 Å². The SMILES string of the molecule is C#CCCCCNc1nc2c(cc1C(=O)O)CCC2. The van der Waals surface area contributed by atoms with Crippen LogP contribution < -0.4 is 5.32 Å². The lowest BCUT2D eigenvalue weighted by molar-refractivity contribution is 0.0697. The molecule has 0 radical (unpaired) electrons. The fraction of sp³-hybridized carbons (Fsp3) is 0.467. The first-order valence-electron chi connectivity index (χ1n) is 6.66. The number of hydrogen-bond acceptors (Lipinski definition) is 3. The Morgan fingerprint density at radius 3 is 3.05 bits per heavy atom. The topological polar surface area (TPSA) is 62.2 Å². The molecule has 0 fully saturated rings. The number of terminal acetylenes is 1. The van der Waals surface area contributed by atoms with Crippen molar-refractivity contribution in [2.45, 2.75) is 38.5 Å². The molecule has 19 heavy (non-hydrogen) atoms. The second-order valence-corrected chi connectivity index (χ2v) is 4.74. The van der Waals surface area contributed by atoms with Crippen molar-refractivity contribution in [2.75, 3.05) is 11.9 Å². The van der Waals surface area contributed by atoms with Crippen LogP contribution in [0.5, 0.6) is 0 Å². The Morgan fingerprint density at radius 1 is 1.47 bits per heavy atom. The van der Waals surface area contributed by atoms with E-state index in [9.17, 15) is 9.90 Å². The summed E-state index contributed by atoms with van der Waals surface area (Å²) in [5.41, 5.74) is 2.39. The molecule has 1 aromatic heterocycles. The number of fused-ring (bicyclic) bond motifs is 1. The Kier molecular flexibility index (Phi) is 4.40. The first kappa shape index (κ1) is 13.4. The second-order valence-electron chi connectivity index (χ2n) is 4.74. The summed E-state index contributed by atoms with van der Waals surface area (Å²) >= 11 is 0. The normalized spacial score (nSPS) is 12.8. The smallest absolute Gasteiger partial charge is 0.339 e. The number of nitrogens with zero attached hydrogens (tertiary/aromatic N) is 1. The van der Waals surface area contributed by atoms with Crippen LogP contribution in [0.2, 0.25) is 0 Å². The molecule has 0 spiro atoms. The van der Waals surface area contributed by atoms with Crippen LogP contribution in [-0.2, 0) is 12.8 Å². The number of aryl methyl sites for hydroxylation is 2. The number of carboxylic acid groups (broad SMARTS) is 1. The van der Waals surface area contributed by atoms with Crippen molar-refractivity contribution in [3.63, 3.8) is 0 Å². The number of unbranched alkanes of at least 4 members (excludes halogenated alkanes) is 2. The molecule has 0 atom stereocenters. The molecular weight excluding hydrogens is 240 g/mol. The first-order valence-corrected chi connectivity index (χ1v) is 6.66. The van der Waals surface area contributed by atoms with E-state index in [1.165, 1.54) is 0 Å². The van der Waals surface area contributed by atoms with E-state index in [1.807, 2.05) is 0 Å². The highest BCUT2D eigenvalue weighted by Gasteiger charge is 2.19. The van der Waals surface area contributed by atoms with Gasteiger partial charge in [-0.3, -0.25) is 0 Å². The van der Waals surface area contributed by atoms with Gasteiger partial charge in [0.2, 0.25) is 0 Å². The van der Waals surface area contributed by atoms with Gasteiger partial charge >= 0.3 is 5.97 Å². The van der Waals surface area contributed by atoms with Gasteiger partial charge in [0.15, 0.2) is 0 Å². The molecule has 100 valence electrons. The van der Waals surface area contributed by atoms with E-state index in [-0.39, 0.29) is 5.56 Å². The maximum atomic E-state index is 11.3. The number of nitrogens with one attached hydrogen (secondary N) is 1. The summed E-state index contributed by atoms with van der Waals surface area (Å²) in [6.07, 6.45) is 10.7. The lowest BCUT2D eigenvalue weighted by atomic mass is 10.1. The minimum atomic E-state index is -0.923. The number of aromatic carboxylic acids is 1. The summed E-state index contributed by atoms with van der Waals surface area (Å²) in [4.78, 5) is 15.7. The van der Waals surface area contributed by atoms with E-state index in [2.05, 4.69) is 16.2 Å². The average molecular weight is 258 g/mol. The third-order valence-corrected chi connectivity index (χ3v) is 3.32. The number of pyridine rings is 1. The molecule has 0 aromatic carbocycles. The maximum absolute atomic E-state index is 11.3. The zero-order chi connectivity index (χ0) is 13.7. The molecule has 4 nitrogen and oxygen atoms in total. The predicted molar refractivity (Wildman–Crippen MR) is 74.4 cm³/mol. The molecule has 0 aliphatic heterocycles. The van der Waals surface area contributed by atoms with Crippen LogP contribution in [-0.4, -0.2) is 22.6 Å². The van der Waals surface area contributed by atoms with E-state index >= 15 is 0 Å². The van der Waals surface area contributed by atoms with Crippen molar-refractivity contribution in [1.82, 2.24) is 4.98 Å². The molecular formula is C15H18N2O2. The molecule has 4 heteroatoms. The standard InChI is InChI=1S/C15H18N2O2/c1-2-3-4-5-9-16-14-12(15(18)19)10-11-7-6-8-13(11)17-14/h1,10H,3-9H2,(H,16,17)(H,18,19). The molecule has 1 aliphatic rings. The van der Waals surface area contributed by atoms with Gasteiger partial charge in [-0.1, -0.05) is 0 Å². The Bertz CT molecular complexity index is 518. The summed E-state index contributed by atoms with van der Waals surface area (Å²) in [6, 6.07) is 1.77. The first-order chi connectivity index (χ1) is 9.22. The minimum Gasteiger partial charge on any atom is -0.478 e. The van der Waals surface area contributed by atoms with Crippen LogP contribution >= 0.6 is 0 Å². The number of rotatable bonds is 6. The van der Waals surface area contributed by atoms with Crippen LogP contribution in [0.1, 0.15) is 47.3 Å². The van der Waals surface area contributed by atoms with Crippen LogP contribution in [0, 0.1) is 12.3 Å². The number of carbonyl (C=O) groups is 1. The summed E-state index contributed by atoms with van der Waals surface area (Å²) in [5.74, 6) is 2.16. The van der Waals surface area contributed by atoms with Gasteiger partial charge in [0, 0.05) is 18.7 Å². The van der Waals surface area contributed by atoms with Crippen molar-refractivity contribution in [3.8, 4) is 12.3 Å². The fourth-order valence-corrected chi connectivity index (χ4v) is 2.33. The fourth-order valence-electron chi connectivity index (χ4n) is 2.33. The quantitative estimate of drug-likeness (QED) is 0.608. The molecule has 1 heterocycles.